The van der Waals surface area contributed by atoms with Gasteiger partial charge >= 0.3 is 5.97 Å². The summed E-state index contributed by atoms with van der Waals surface area (Å²) in [5.74, 6) is 0.899. The first-order valence-corrected chi connectivity index (χ1v) is 9.48. The second kappa shape index (κ2) is 6.90. The van der Waals surface area contributed by atoms with Crippen molar-refractivity contribution in [3.63, 3.8) is 0 Å². The fraction of sp³-hybridized carbons (Fsp3) is 0.737. The molecule has 0 spiro atoms. The highest BCUT2D eigenvalue weighted by Crippen LogP contribution is 2.57. The zero-order chi connectivity index (χ0) is 17.4. The number of carbonyl (C=O) groups is 3. The smallest absolute Gasteiger partial charge is 0.358 e. The van der Waals surface area contributed by atoms with Gasteiger partial charge in [0.2, 0.25) is 0 Å². The summed E-state index contributed by atoms with van der Waals surface area (Å²) < 4.78 is 5.96. The number of rotatable bonds is 4. The molecule has 6 heteroatoms. The number of ether oxygens (including phenoxy) is 1. The van der Waals surface area contributed by atoms with Gasteiger partial charge in [0.05, 0.1) is 6.10 Å². The molecule has 0 aromatic heterocycles. The number of hydrogen-bond acceptors (Lipinski definition) is 5. The van der Waals surface area contributed by atoms with Crippen molar-refractivity contribution in [2.75, 3.05) is 6.61 Å². The summed E-state index contributed by atoms with van der Waals surface area (Å²) in [5.41, 5.74) is 0. The number of hydrogen-bond donors (Lipinski definition) is 0. The van der Waals surface area contributed by atoms with Gasteiger partial charge in [-0.3, -0.25) is 9.59 Å². The maximum atomic E-state index is 12.0. The number of hydroxylamine groups is 2. The summed E-state index contributed by atoms with van der Waals surface area (Å²) in [4.78, 5) is 39.9. The van der Waals surface area contributed by atoms with Gasteiger partial charge in [-0.25, -0.2) is 4.79 Å². The Kier molecular flexibility index (Phi) is 4.63. The molecule has 2 amide bonds. The highest BCUT2D eigenvalue weighted by Gasteiger charge is 2.54. The van der Waals surface area contributed by atoms with Gasteiger partial charge in [-0.15, -0.1) is 5.06 Å². The Balaban J connectivity index is 1.33. The van der Waals surface area contributed by atoms with Crippen LogP contribution < -0.4 is 0 Å². The van der Waals surface area contributed by atoms with E-state index in [9.17, 15) is 14.4 Å². The summed E-state index contributed by atoms with van der Waals surface area (Å²) in [6, 6.07) is 0. The van der Waals surface area contributed by atoms with Crippen LogP contribution in [-0.4, -0.2) is 35.6 Å². The Bertz CT molecular complexity index is 561. The molecular weight excluding hydrogens is 322 g/mol. The maximum Gasteiger partial charge on any atom is 0.358 e. The molecule has 2 saturated carbocycles. The van der Waals surface area contributed by atoms with E-state index in [2.05, 4.69) is 12.2 Å². The summed E-state index contributed by atoms with van der Waals surface area (Å²) in [6.07, 6.45) is 12.0. The van der Waals surface area contributed by atoms with E-state index in [1.54, 1.807) is 0 Å². The zero-order valence-electron chi connectivity index (χ0n) is 14.4. The molecule has 0 aromatic rings. The van der Waals surface area contributed by atoms with E-state index in [0.29, 0.717) is 28.7 Å². The molecular formula is C19H25NO5. The Hall–Kier alpha value is -1.69. The molecule has 1 heterocycles. The lowest BCUT2D eigenvalue weighted by Gasteiger charge is -2.31. The topological polar surface area (TPSA) is 72.9 Å². The molecule has 0 aromatic carbocycles. The van der Waals surface area contributed by atoms with Crippen molar-refractivity contribution in [1.82, 2.24) is 5.06 Å². The van der Waals surface area contributed by atoms with Crippen LogP contribution in [-0.2, 0) is 24.0 Å². The molecule has 4 unspecified atom stereocenters. The van der Waals surface area contributed by atoms with Crippen LogP contribution in [0.2, 0.25) is 0 Å². The molecule has 3 aliphatic carbocycles. The Morgan fingerprint density at radius 2 is 1.48 bits per heavy atom. The average molecular weight is 347 g/mol. The number of carbonyl (C=O) groups excluding carboxylic acids is 3. The Morgan fingerprint density at radius 3 is 2.04 bits per heavy atom. The second-order valence-electron chi connectivity index (χ2n) is 7.68. The van der Waals surface area contributed by atoms with Gasteiger partial charge in [-0.05, 0) is 62.2 Å². The first-order valence-electron chi connectivity index (χ1n) is 9.48. The van der Waals surface area contributed by atoms with Crippen LogP contribution in [0.5, 0.6) is 0 Å². The molecule has 6 nitrogen and oxygen atoms in total. The third kappa shape index (κ3) is 3.12. The monoisotopic (exact) mass is 347 g/mol. The molecule has 4 atom stereocenters. The predicted octanol–water partition coefficient (Wildman–Crippen LogP) is 2.38. The lowest BCUT2D eigenvalue weighted by Crippen LogP contribution is -2.34. The van der Waals surface area contributed by atoms with E-state index < -0.39 is 17.8 Å². The molecule has 2 bridgehead atoms. The highest BCUT2D eigenvalue weighted by atomic mass is 16.7. The fourth-order valence-corrected chi connectivity index (χ4v) is 5.45. The minimum Gasteiger partial charge on any atom is -0.366 e. The van der Waals surface area contributed by atoms with Gasteiger partial charge in [0.15, 0.2) is 0 Å². The van der Waals surface area contributed by atoms with Crippen molar-refractivity contribution in [2.45, 2.75) is 57.5 Å². The van der Waals surface area contributed by atoms with Gasteiger partial charge in [-0.1, -0.05) is 12.2 Å². The van der Waals surface area contributed by atoms with Crippen LogP contribution in [0.1, 0.15) is 51.4 Å². The number of amides is 2. The van der Waals surface area contributed by atoms with E-state index in [1.807, 2.05) is 0 Å². The molecule has 136 valence electrons. The standard InChI is InChI=1S/C19H25NO5/c21-16-9-10-17(22)20(16)25-18(23)11-24-19-14-7-8-15(19)13-6-4-2-1-3-5-12(13)14/h1-2,12-15,19H,3-11H2/b2-1+. The number of allylic oxidation sites excluding steroid dienone is 2. The minimum absolute atomic E-state index is 0.108. The molecule has 1 saturated heterocycles. The summed E-state index contributed by atoms with van der Waals surface area (Å²) in [6.45, 7) is -0.188. The van der Waals surface area contributed by atoms with E-state index in [1.165, 1.54) is 25.7 Å². The SMILES string of the molecule is O=C(COC1C2CCC1C1CC/C=C/CCC12)ON1C(=O)CCC1=O. The third-order valence-corrected chi connectivity index (χ3v) is 6.42. The van der Waals surface area contributed by atoms with Crippen LogP contribution in [0.3, 0.4) is 0 Å². The van der Waals surface area contributed by atoms with Crippen LogP contribution >= 0.6 is 0 Å². The van der Waals surface area contributed by atoms with Gasteiger partial charge < -0.3 is 9.57 Å². The van der Waals surface area contributed by atoms with E-state index in [4.69, 9.17) is 9.57 Å². The third-order valence-electron chi connectivity index (χ3n) is 6.42. The summed E-state index contributed by atoms with van der Waals surface area (Å²) >= 11 is 0. The number of nitrogens with zero attached hydrogens (tertiary/aromatic N) is 1. The predicted molar refractivity (Wildman–Crippen MR) is 87.7 cm³/mol. The van der Waals surface area contributed by atoms with Crippen molar-refractivity contribution in [2.24, 2.45) is 23.7 Å². The Morgan fingerprint density at radius 1 is 0.920 bits per heavy atom. The van der Waals surface area contributed by atoms with Crippen LogP contribution in [0, 0.1) is 23.7 Å². The van der Waals surface area contributed by atoms with Gasteiger partial charge in [0.25, 0.3) is 11.8 Å². The van der Waals surface area contributed by atoms with Gasteiger partial charge in [-0.2, -0.15) is 0 Å². The molecule has 25 heavy (non-hydrogen) atoms. The molecule has 0 N–H and O–H groups in total. The van der Waals surface area contributed by atoms with Crippen molar-refractivity contribution >= 4 is 17.8 Å². The molecule has 0 radical (unpaired) electrons. The maximum absolute atomic E-state index is 12.0. The van der Waals surface area contributed by atoms with Crippen LogP contribution in [0.4, 0.5) is 0 Å². The minimum atomic E-state index is -0.658. The average Bonchev–Trinajstić information content (AvgIpc) is 3.19. The molecule has 4 rings (SSSR count). The summed E-state index contributed by atoms with van der Waals surface area (Å²) in [5, 5.41) is 0.592. The van der Waals surface area contributed by atoms with E-state index in [-0.39, 0.29) is 25.6 Å². The molecule has 4 aliphatic rings. The second-order valence-corrected chi connectivity index (χ2v) is 7.68. The number of imide groups is 1. The van der Waals surface area contributed by atoms with Crippen LogP contribution in [0.15, 0.2) is 12.2 Å². The van der Waals surface area contributed by atoms with Crippen molar-refractivity contribution < 1.29 is 24.0 Å². The molecule has 3 fully saturated rings. The van der Waals surface area contributed by atoms with Crippen LogP contribution in [0.25, 0.3) is 0 Å². The zero-order valence-corrected chi connectivity index (χ0v) is 14.4. The Labute approximate surface area is 147 Å². The normalized spacial score (nSPS) is 38.4. The first kappa shape index (κ1) is 16.8. The van der Waals surface area contributed by atoms with Gasteiger partial charge in [0.1, 0.15) is 6.61 Å². The molecule has 1 aliphatic heterocycles. The van der Waals surface area contributed by atoms with Crippen molar-refractivity contribution in [3.8, 4) is 0 Å². The summed E-state index contributed by atoms with van der Waals surface area (Å²) in [7, 11) is 0. The highest BCUT2D eigenvalue weighted by molar-refractivity contribution is 6.01. The van der Waals surface area contributed by atoms with Crippen molar-refractivity contribution in [1.29, 1.82) is 0 Å². The lowest BCUT2D eigenvalue weighted by atomic mass is 9.74. The van der Waals surface area contributed by atoms with Crippen molar-refractivity contribution in [3.05, 3.63) is 12.2 Å². The van der Waals surface area contributed by atoms with E-state index in [0.717, 1.165) is 12.8 Å². The number of fused-ring (bicyclic) bond motifs is 5. The quantitative estimate of drug-likeness (QED) is 0.577. The largest absolute Gasteiger partial charge is 0.366 e. The first-order chi connectivity index (χ1) is 12.1. The lowest BCUT2D eigenvalue weighted by molar-refractivity contribution is -0.201. The van der Waals surface area contributed by atoms with Gasteiger partial charge in [0, 0.05) is 12.8 Å². The van der Waals surface area contributed by atoms with E-state index >= 15 is 0 Å². The fourth-order valence-electron chi connectivity index (χ4n) is 5.45.